The van der Waals surface area contributed by atoms with Crippen LogP contribution in [-0.4, -0.2) is 68.3 Å². The van der Waals surface area contributed by atoms with Gasteiger partial charge >= 0.3 is 46.9 Å². The molecule has 0 radical (unpaired) electrons. The molecule has 4 aliphatic rings. The molecule has 0 amide bonds. The van der Waals surface area contributed by atoms with Crippen molar-refractivity contribution in [3.63, 3.8) is 0 Å². The highest BCUT2D eigenvalue weighted by Gasteiger charge is 3.22. The van der Waals surface area contributed by atoms with Crippen LogP contribution in [-0.2, 0) is 0 Å². The standard InChI is InChI=1S/C10H2F14O2/c11-1-5(13,14)2(12)8(19,20)3(25,6(1,15)16)10(23,24)4(26,7(1,17)18)9(2,21)22/h25-26H. The average molecular weight is 420 g/mol. The first-order valence-electron chi connectivity index (χ1n) is 6.09. The van der Waals surface area contributed by atoms with E-state index in [-0.39, 0.29) is 0 Å². The van der Waals surface area contributed by atoms with Crippen LogP contribution in [0, 0.1) is 0 Å². The summed E-state index contributed by atoms with van der Waals surface area (Å²) in [6.45, 7) is 0. The number of rotatable bonds is 0. The van der Waals surface area contributed by atoms with Gasteiger partial charge in [-0.2, -0.15) is 52.7 Å². The lowest BCUT2D eigenvalue weighted by Crippen LogP contribution is -3.10. The fourth-order valence-electron chi connectivity index (χ4n) is 3.86. The molecule has 0 spiro atoms. The lowest BCUT2D eigenvalue weighted by Gasteiger charge is -2.74. The zero-order valence-electron chi connectivity index (χ0n) is 11.2. The maximum absolute atomic E-state index is 14.2. The Hall–Kier alpha value is -1.06. The van der Waals surface area contributed by atoms with Crippen LogP contribution in [0.5, 0.6) is 0 Å². The molecule has 152 valence electrons. The molecule has 0 atom stereocenters. The highest BCUT2D eigenvalue weighted by molar-refractivity contribution is 5.53. The van der Waals surface area contributed by atoms with Crippen LogP contribution in [0.4, 0.5) is 61.5 Å². The second-order valence-electron chi connectivity index (χ2n) is 6.18. The fourth-order valence-corrected chi connectivity index (χ4v) is 3.86. The minimum absolute atomic E-state index is 7.20. The third-order valence-electron chi connectivity index (χ3n) is 5.32. The minimum atomic E-state index is -7.75. The molecule has 0 heterocycles. The number of aliphatic hydroxyl groups is 2. The SMILES string of the molecule is OC12C(F)(F)C3(O)C(F)(F)C(F)(C1(F)F)C(F)(F)C(F)(C2(F)F)C3(F)F. The molecular formula is C10H2F14O2. The number of hydrogen-bond acceptors (Lipinski definition) is 2. The second kappa shape index (κ2) is 3.63. The molecular weight excluding hydrogens is 418 g/mol. The van der Waals surface area contributed by atoms with Gasteiger partial charge in [0.2, 0.25) is 0 Å². The Kier molecular flexibility index (Phi) is 2.75. The van der Waals surface area contributed by atoms with E-state index in [1.165, 1.54) is 0 Å². The van der Waals surface area contributed by atoms with Crippen LogP contribution in [0.25, 0.3) is 0 Å². The summed E-state index contributed by atoms with van der Waals surface area (Å²) in [6, 6.07) is 0. The summed E-state index contributed by atoms with van der Waals surface area (Å²) < 4.78 is 194. The molecule has 2 N–H and O–H groups in total. The van der Waals surface area contributed by atoms with Crippen LogP contribution in [0.3, 0.4) is 0 Å². The predicted molar refractivity (Wildman–Crippen MR) is 47.3 cm³/mol. The van der Waals surface area contributed by atoms with Crippen molar-refractivity contribution in [3.8, 4) is 0 Å². The first-order chi connectivity index (χ1) is 11.0. The van der Waals surface area contributed by atoms with Crippen LogP contribution >= 0.6 is 0 Å². The van der Waals surface area contributed by atoms with E-state index in [4.69, 9.17) is 10.2 Å². The maximum atomic E-state index is 14.2. The summed E-state index contributed by atoms with van der Waals surface area (Å²) >= 11 is 0. The van der Waals surface area contributed by atoms with Crippen molar-refractivity contribution < 1.29 is 71.7 Å². The fraction of sp³-hybridized carbons (Fsp3) is 1.00. The quantitative estimate of drug-likeness (QED) is 0.592. The summed E-state index contributed by atoms with van der Waals surface area (Å²) in [5.41, 5.74) is -29.5. The summed E-state index contributed by atoms with van der Waals surface area (Å²) in [7, 11) is 0. The zero-order valence-corrected chi connectivity index (χ0v) is 11.2. The second-order valence-corrected chi connectivity index (χ2v) is 6.18. The van der Waals surface area contributed by atoms with Crippen molar-refractivity contribution in [2.75, 3.05) is 0 Å². The van der Waals surface area contributed by atoms with Gasteiger partial charge in [-0.25, -0.2) is 8.78 Å². The molecule has 0 saturated heterocycles. The molecule has 0 unspecified atom stereocenters. The molecule has 26 heavy (non-hydrogen) atoms. The van der Waals surface area contributed by atoms with Gasteiger partial charge in [0.05, 0.1) is 0 Å². The molecule has 16 heteroatoms. The smallest absolute Gasteiger partial charge is 0.339 e. The van der Waals surface area contributed by atoms with Crippen molar-refractivity contribution >= 4 is 0 Å². The van der Waals surface area contributed by atoms with Gasteiger partial charge in [-0.05, 0) is 0 Å². The van der Waals surface area contributed by atoms with Crippen molar-refractivity contribution in [1.29, 1.82) is 0 Å². The maximum Gasteiger partial charge on any atom is 0.339 e. The van der Waals surface area contributed by atoms with E-state index in [2.05, 4.69) is 0 Å². The third kappa shape index (κ3) is 0.966. The topological polar surface area (TPSA) is 40.5 Å². The number of alkyl halides is 14. The lowest BCUT2D eigenvalue weighted by atomic mass is 9.39. The first kappa shape index (κ1) is 19.7. The van der Waals surface area contributed by atoms with E-state index in [0.717, 1.165) is 0 Å². The van der Waals surface area contributed by atoms with E-state index in [1.54, 1.807) is 0 Å². The van der Waals surface area contributed by atoms with Gasteiger partial charge in [-0.3, -0.25) is 0 Å². The summed E-state index contributed by atoms with van der Waals surface area (Å²) in [4.78, 5) is 0. The van der Waals surface area contributed by atoms with Crippen molar-refractivity contribution in [1.82, 2.24) is 0 Å². The molecule has 2 nitrogen and oxygen atoms in total. The Labute approximate surface area is 131 Å². The Balaban J connectivity index is 2.71. The summed E-state index contributed by atoms with van der Waals surface area (Å²) in [5, 5.41) is 18.0. The van der Waals surface area contributed by atoms with Gasteiger partial charge < -0.3 is 10.2 Å². The lowest BCUT2D eigenvalue weighted by molar-refractivity contribution is -0.624. The number of halogens is 14. The van der Waals surface area contributed by atoms with Gasteiger partial charge in [0.25, 0.3) is 11.2 Å². The summed E-state index contributed by atoms with van der Waals surface area (Å²) in [5.74, 6) is -45.7. The molecule has 4 fully saturated rings. The monoisotopic (exact) mass is 420 g/mol. The van der Waals surface area contributed by atoms with E-state index in [1.807, 2.05) is 0 Å². The summed E-state index contributed by atoms with van der Waals surface area (Å²) in [6.07, 6.45) is 0. The van der Waals surface area contributed by atoms with Gasteiger partial charge in [0.1, 0.15) is 0 Å². The molecule has 4 saturated carbocycles. The molecule has 0 aromatic heterocycles. The highest BCUT2D eigenvalue weighted by atomic mass is 19.3. The Morgan fingerprint density at radius 3 is 0.692 bits per heavy atom. The Morgan fingerprint density at radius 2 is 0.500 bits per heavy atom. The third-order valence-corrected chi connectivity index (χ3v) is 5.32. The average Bonchev–Trinajstić information content (AvgIpc) is 2.46. The van der Waals surface area contributed by atoms with E-state index >= 15 is 0 Å². The molecule has 0 aromatic carbocycles. The van der Waals surface area contributed by atoms with Gasteiger partial charge in [-0.1, -0.05) is 0 Å². The van der Waals surface area contributed by atoms with Gasteiger partial charge in [0.15, 0.2) is 0 Å². The van der Waals surface area contributed by atoms with E-state index < -0.39 is 58.1 Å². The van der Waals surface area contributed by atoms with Gasteiger partial charge in [0, 0.05) is 0 Å². The highest BCUT2D eigenvalue weighted by Crippen LogP contribution is 2.87. The Morgan fingerprint density at radius 1 is 0.308 bits per heavy atom. The molecule has 4 aliphatic carbocycles. The molecule has 4 rings (SSSR count). The predicted octanol–water partition coefficient (Wildman–Crippen LogP) is 2.72. The first-order valence-corrected chi connectivity index (χ1v) is 6.09. The zero-order chi connectivity index (χ0) is 21.0. The van der Waals surface area contributed by atoms with Crippen LogP contribution in [0.15, 0.2) is 0 Å². The Bertz CT molecular complexity index is 515. The van der Waals surface area contributed by atoms with Crippen molar-refractivity contribution in [2.45, 2.75) is 58.1 Å². The normalized spacial score (nSPS) is 53.5. The van der Waals surface area contributed by atoms with Crippen LogP contribution in [0.1, 0.15) is 0 Å². The molecule has 0 aromatic rings. The largest absolute Gasteiger partial charge is 0.373 e. The van der Waals surface area contributed by atoms with Crippen LogP contribution < -0.4 is 0 Å². The van der Waals surface area contributed by atoms with Crippen molar-refractivity contribution in [3.05, 3.63) is 0 Å². The van der Waals surface area contributed by atoms with Gasteiger partial charge in [-0.15, -0.1) is 0 Å². The van der Waals surface area contributed by atoms with Crippen molar-refractivity contribution in [2.24, 2.45) is 0 Å². The van der Waals surface area contributed by atoms with E-state index in [0.29, 0.717) is 0 Å². The molecule has 4 bridgehead atoms. The molecule has 0 aliphatic heterocycles. The number of hydrogen-bond donors (Lipinski definition) is 2. The van der Waals surface area contributed by atoms with Crippen LogP contribution in [0.2, 0.25) is 0 Å². The van der Waals surface area contributed by atoms with E-state index in [9.17, 15) is 61.5 Å². The minimum Gasteiger partial charge on any atom is -0.373 e.